The highest BCUT2D eigenvalue weighted by atomic mass is 16.5. The summed E-state index contributed by atoms with van der Waals surface area (Å²) in [5.41, 5.74) is 2.03. The largest absolute Gasteiger partial charge is 0.488 e. The fourth-order valence-corrected chi connectivity index (χ4v) is 2.95. The SMILES string of the molecule is Cc1noc(C)c1COc1ccccc1C(=O)N[C@@H]1CCCCNC1=O. The number of aryl methyl sites for hydroxylation is 2. The van der Waals surface area contributed by atoms with Gasteiger partial charge < -0.3 is 19.9 Å². The van der Waals surface area contributed by atoms with Crippen LogP contribution in [-0.2, 0) is 11.4 Å². The number of nitrogens with one attached hydrogen (secondary N) is 2. The molecule has 1 aliphatic heterocycles. The molecule has 1 aliphatic rings. The highest BCUT2D eigenvalue weighted by Gasteiger charge is 2.24. The van der Waals surface area contributed by atoms with Crippen LogP contribution in [0.2, 0.25) is 0 Å². The molecule has 1 aromatic carbocycles. The van der Waals surface area contributed by atoms with Gasteiger partial charge in [-0.25, -0.2) is 0 Å². The number of para-hydroxylation sites is 1. The number of carbonyl (C=O) groups is 2. The van der Waals surface area contributed by atoms with Crippen molar-refractivity contribution in [3.8, 4) is 5.75 Å². The minimum atomic E-state index is -0.513. The normalized spacial score (nSPS) is 17.3. The molecule has 2 amide bonds. The van der Waals surface area contributed by atoms with Gasteiger partial charge in [0.05, 0.1) is 16.8 Å². The summed E-state index contributed by atoms with van der Waals surface area (Å²) in [5, 5.41) is 9.54. The topological polar surface area (TPSA) is 93.5 Å². The smallest absolute Gasteiger partial charge is 0.255 e. The van der Waals surface area contributed by atoms with Gasteiger partial charge in [-0.1, -0.05) is 17.3 Å². The minimum absolute atomic E-state index is 0.134. The summed E-state index contributed by atoms with van der Waals surface area (Å²) < 4.78 is 11.0. The predicted molar refractivity (Wildman–Crippen MR) is 94.9 cm³/mol. The van der Waals surface area contributed by atoms with Crippen molar-refractivity contribution < 1.29 is 18.8 Å². The van der Waals surface area contributed by atoms with Crippen LogP contribution < -0.4 is 15.4 Å². The number of ether oxygens (including phenoxy) is 1. The van der Waals surface area contributed by atoms with Crippen molar-refractivity contribution in [2.24, 2.45) is 0 Å². The first-order chi connectivity index (χ1) is 12.6. The van der Waals surface area contributed by atoms with Crippen LogP contribution in [0.1, 0.15) is 46.6 Å². The molecule has 1 aromatic heterocycles. The molecule has 1 saturated heterocycles. The van der Waals surface area contributed by atoms with Crippen LogP contribution in [0.5, 0.6) is 5.75 Å². The average molecular weight is 357 g/mol. The summed E-state index contributed by atoms with van der Waals surface area (Å²) in [6, 6.07) is 6.48. The molecular formula is C19H23N3O4. The summed E-state index contributed by atoms with van der Waals surface area (Å²) in [7, 11) is 0. The van der Waals surface area contributed by atoms with Crippen LogP contribution in [0.3, 0.4) is 0 Å². The maximum atomic E-state index is 12.7. The lowest BCUT2D eigenvalue weighted by molar-refractivity contribution is -0.122. The molecule has 0 unspecified atom stereocenters. The molecule has 7 heteroatoms. The number of aromatic nitrogens is 1. The van der Waals surface area contributed by atoms with Gasteiger partial charge in [0.1, 0.15) is 24.2 Å². The highest BCUT2D eigenvalue weighted by Crippen LogP contribution is 2.22. The Balaban J connectivity index is 1.71. The van der Waals surface area contributed by atoms with Gasteiger partial charge in [0.2, 0.25) is 5.91 Å². The average Bonchev–Trinajstić information content (AvgIpc) is 2.82. The molecular weight excluding hydrogens is 334 g/mol. The molecule has 0 radical (unpaired) electrons. The first-order valence-electron chi connectivity index (χ1n) is 8.78. The van der Waals surface area contributed by atoms with Crippen LogP contribution in [0, 0.1) is 13.8 Å². The molecule has 2 aromatic rings. The van der Waals surface area contributed by atoms with E-state index in [2.05, 4.69) is 15.8 Å². The zero-order valence-corrected chi connectivity index (χ0v) is 15.0. The zero-order valence-electron chi connectivity index (χ0n) is 15.0. The van der Waals surface area contributed by atoms with Crippen molar-refractivity contribution in [2.75, 3.05) is 6.54 Å². The predicted octanol–water partition coefficient (Wildman–Crippen LogP) is 2.27. The molecule has 26 heavy (non-hydrogen) atoms. The van der Waals surface area contributed by atoms with Crippen molar-refractivity contribution in [3.05, 3.63) is 46.8 Å². The first-order valence-corrected chi connectivity index (χ1v) is 8.78. The van der Waals surface area contributed by atoms with Gasteiger partial charge in [0.15, 0.2) is 0 Å². The van der Waals surface area contributed by atoms with E-state index >= 15 is 0 Å². The quantitative estimate of drug-likeness (QED) is 0.856. The zero-order chi connectivity index (χ0) is 18.5. The molecule has 0 saturated carbocycles. The first kappa shape index (κ1) is 18.0. The molecule has 2 heterocycles. The van der Waals surface area contributed by atoms with E-state index in [0.717, 1.165) is 24.1 Å². The van der Waals surface area contributed by atoms with E-state index in [9.17, 15) is 9.59 Å². The van der Waals surface area contributed by atoms with E-state index in [1.807, 2.05) is 13.8 Å². The summed E-state index contributed by atoms with van der Waals surface area (Å²) in [4.78, 5) is 24.7. The van der Waals surface area contributed by atoms with Gasteiger partial charge >= 0.3 is 0 Å². The monoisotopic (exact) mass is 357 g/mol. The molecule has 2 N–H and O–H groups in total. The number of hydrogen-bond acceptors (Lipinski definition) is 5. The van der Waals surface area contributed by atoms with Crippen LogP contribution >= 0.6 is 0 Å². The van der Waals surface area contributed by atoms with Gasteiger partial charge in [0, 0.05) is 6.54 Å². The fraction of sp³-hybridized carbons (Fsp3) is 0.421. The second kappa shape index (κ2) is 8.03. The van der Waals surface area contributed by atoms with Crippen LogP contribution in [0.25, 0.3) is 0 Å². The molecule has 3 rings (SSSR count). The molecule has 1 atom stereocenters. The van der Waals surface area contributed by atoms with Gasteiger partial charge in [-0.05, 0) is 45.2 Å². The molecule has 0 spiro atoms. The Morgan fingerprint density at radius 1 is 1.35 bits per heavy atom. The van der Waals surface area contributed by atoms with Crippen LogP contribution in [-0.4, -0.2) is 29.6 Å². The Morgan fingerprint density at radius 3 is 2.92 bits per heavy atom. The number of carbonyl (C=O) groups excluding carboxylic acids is 2. The minimum Gasteiger partial charge on any atom is -0.488 e. The summed E-state index contributed by atoms with van der Waals surface area (Å²) >= 11 is 0. The summed E-state index contributed by atoms with van der Waals surface area (Å²) in [5.74, 6) is 0.699. The summed E-state index contributed by atoms with van der Waals surface area (Å²) in [6.07, 6.45) is 2.46. The Morgan fingerprint density at radius 2 is 2.15 bits per heavy atom. The van der Waals surface area contributed by atoms with Crippen LogP contribution in [0.4, 0.5) is 0 Å². The van der Waals surface area contributed by atoms with Crippen molar-refractivity contribution in [1.29, 1.82) is 0 Å². The Labute approximate surface area is 152 Å². The Hall–Kier alpha value is -2.83. The maximum Gasteiger partial charge on any atom is 0.255 e. The van der Waals surface area contributed by atoms with E-state index < -0.39 is 6.04 Å². The lowest BCUT2D eigenvalue weighted by Crippen LogP contribution is -2.45. The van der Waals surface area contributed by atoms with Gasteiger partial charge in [-0.15, -0.1) is 0 Å². The van der Waals surface area contributed by atoms with E-state index in [0.29, 0.717) is 30.0 Å². The Kier molecular flexibility index (Phi) is 5.55. The number of nitrogens with zero attached hydrogens (tertiary/aromatic N) is 1. The van der Waals surface area contributed by atoms with Crippen molar-refractivity contribution in [2.45, 2.75) is 45.8 Å². The molecule has 0 bridgehead atoms. The maximum absolute atomic E-state index is 12.7. The van der Waals surface area contributed by atoms with E-state index in [4.69, 9.17) is 9.26 Å². The third-order valence-corrected chi connectivity index (χ3v) is 4.53. The van der Waals surface area contributed by atoms with E-state index in [1.165, 1.54) is 0 Å². The van der Waals surface area contributed by atoms with Gasteiger partial charge in [0.25, 0.3) is 5.91 Å². The number of benzene rings is 1. The second-order valence-corrected chi connectivity index (χ2v) is 6.40. The lowest BCUT2D eigenvalue weighted by atomic mass is 10.1. The van der Waals surface area contributed by atoms with Crippen LogP contribution in [0.15, 0.2) is 28.8 Å². The van der Waals surface area contributed by atoms with E-state index in [-0.39, 0.29) is 18.4 Å². The summed E-state index contributed by atoms with van der Waals surface area (Å²) in [6.45, 7) is 4.58. The van der Waals surface area contributed by atoms with Crippen molar-refractivity contribution in [1.82, 2.24) is 15.8 Å². The Bertz CT molecular complexity index is 780. The number of rotatable bonds is 5. The third kappa shape index (κ3) is 4.04. The highest BCUT2D eigenvalue weighted by molar-refractivity contribution is 5.99. The second-order valence-electron chi connectivity index (χ2n) is 6.40. The third-order valence-electron chi connectivity index (χ3n) is 4.53. The molecule has 138 valence electrons. The lowest BCUT2D eigenvalue weighted by Gasteiger charge is -2.17. The van der Waals surface area contributed by atoms with E-state index in [1.54, 1.807) is 24.3 Å². The fourth-order valence-electron chi connectivity index (χ4n) is 2.95. The van der Waals surface area contributed by atoms with Crippen molar-refractivity contribution >= 4 is 11.8 Å². The number of hydrogen-bond donors (Lipinski definition) is 2. The standard InChI is InChI=1S/C19H23N3O4/c1-12-15(13(2)26-22-12)11-25-17-9-4-3-7-14(17)18(23)21-16-8-5-6-10-20-19(16)24/h3-4,7,9,16H,5-6,8,10-11H2,1-2H3,(H,20,24)(H,21,23)/t16-/m1/s1. The molecule has 7 nitrogen and oxygen atoms in total. The van der Waals surface area contributed by atoms with Gasteiger partial charge in [-0.3, -0.25) is 9.59 Å². The number of amides is 2. The van der Waals surface area contributed by atoms with Gasteiger partial charge in [-0.2, -0.15) is 0 Å². The molecule has 0 aliphatic carbocycles. The van der Waals surface area contributed by atoms with Crippen molar-refractivity contribution in [3.63, 3.8) is 0 Å². The molecule has 1 fully saturated rings.